The first-order valence-corrected chi connectivity index (χ1v) is 6.27. The van der Waals surface area contributed by atoms with E-state index in [1.54, 1.807) is 0 Å². The second-order valence-corrected chi connectivity index (χ2v) is 5.90. The number of esters is 1. The van der Waals surface area contributed by atoms with Gasteiger partial charge in [0.05, 0.1) is 0 Å². The van der Waals surface area contributed by atoms with E-state index in [0.717, 1.165) is 10.0 Å². The summed E-state index contributed by atoms with van der Waals surface area (Å²) in [5, 5.41) is 0. The molecule has 0 saturated carbocycles. The van der Waals surface area contributed by atoms with Crippen molar-refractivity contribution in [2.75, 3.05) is 0 Å². The molecule has 1 aromatic rings. The highest BCUT2D eigenvalue weighted by Crippen LogP contribution is 2.20. The quantitative estimate of drug-likeness (QED) is 0.873. The summed E-state index contributed by atoms with van der Waals surface area (Å²) in [5.41, 5.74) is 6.46. The van der Waals surface area contributed by atoms with Crippen LogP contribution >= 0.6 is 15.9 Å². The van der Waals surface area contributed by atoms with E-state index in [4.69, 9.17) is 10.5 Å². The zero-order valence-electron chi connectivity index (χ0n) is 10.4. The van der Waals surface area contributed by atoms with Crippen LogP contribution in [0.25, 0.3) is 0 Å². The van der Waals surface area contributed by atoms with E-state index >= 15 is 0 Å². The lowest BCUT2D eigenvalue weighted by Gasteiger charge is -2.25. The van der Waals surface area contributed by atoms with E-state index < -0.39 is 6.04 Å². The van der Waals surface area contributed by atoms with Crippen molar-refractivity contribution in [3.63, 3.8) is 0 Å². The molecule has 0 heterocycles. The highest BCUT2D eigenvalue weighted by Gasteiger charge is 2.28. The molecule has 1 aromatic carbocycles. The van der Waals surface area contributed by atoms with Crippen LogP contribution in [-0.2, 0) is 16.1 Å². The van der Waals surface area contributed by atoms with Crippen molar-refractivity contribution in [3.8, 4) is 0 Å². The summed E-state index contributed by atoms with van der Waals surface area (Å²) in [5.74, 6) is -0.367. The lowest BCUT2D eigenvalue weighted by atomic mass is 9.87. The van der Waals surface area contributed by atoms with Crippen molar-refractivity contribution in [1.29, 1.82) is 0 Å². The minimum absolute atomic E-state index is 0.240. The van der Waals surface area contributed by atoms with Crippen molar-refractivity contribution in [2.45, 2.75) is 33.4 Å². The van der Waals surface area contributed by atoms with Gasteiger partial charge in [0, 0.05) is 10.0 Å². The number of nitrogens with two attached hydrogens (primary N) is 1. The van der Waals surface area contributed by atoms with Crippen LogP contribution < -0.4 is 5.73 Å². The number of benzene rings is 1. The monoisotopic (exact) mass is 299 g/mol. The van der Waals surface area contributed by atoms with Crippen LogP contribution in [0.1, 0.15) is 26.3 Å². The van der Waals surface area contributed by atoms with Gasteiger partial charge < -0.3 is 10.5 Å². The second-order valence-electron chi connectivity index (χ2n) is 5.04. The Balaban J connectivity index is 2.58. The molecular weight excluding hydrogens is 282 g/mol. The lowest BCUT2D eigenvalue weighted by molar-refractivity contribution is -0.149. The topological polar surface area (TPSA) is 52.3 Å². The maximum atomic E-state index is 11.7. The zero-order chi connectivity index (χ0) is 13.1. The average molecular weight is 300 g/mol. The maximum absolute atomic E-state index is 11.7. The van der Waals surface area contributed by atoms with Gasteiger partial charge in [-0.1, -0.05) is 54.9 Å². The summed E-state index contributed by atoms with van der Waals surface area (Å²) < 4.78 is 6.13. The van der Waals surface area contributed by atoms with Gasteiger partial charge in [-0.2, -0.15) is 0 Å². The molecule has 0 saturated heterocycles. The number of halogens is 1. The molecule has 0 fully saturated rings. The number of carbonyl (C=O) groups is 1. The van der Waals surface area contributed by atoms with Gasteiger partial charge in [0.15, 0.2) is 0 Å². The highest BCUT2D eigenvalue weighted by molar-refractivity contribution is 9.10. The third-order valence-electron chi connectivity index (χ3n) is 2.51. The van der Waals surface area contributed by atoms with Crippen molar-refractivity contribution >= 4 is 21.9 Å². The molecule has 1 atom stereocenters. The Bertz CT molecular complexity index is 399. The van der Waals surface area contributed by atoms with Gasteiger partial charge in [-0.3, -0.25) is 4.79 Å². The fourth-order valence-corrected chi connectivity index (χ4v) is 1.61. The SMILES string of the molecule is CC(C)(C)[C@H](N)C(=O)OCc1ccccc1Br. The van der Waals surface area contributed by atoms with Gasteiger partial charge in [0.25, 0.3) is 0 Å². The van der Waals surface area contributed by atoms with E-state index in [2.05, 4.69) is 15.9 Å². The Morgan fingerprint density at radius 2 is 2.00 bits per heavy atom. The Hall–Kier alpha value is -0.870. The van der Waals surface area contributed by atoms with E-state index in [0.29, 0.717) is 0 Å². The number of rotatable bonds is 3. The largest absolute Gasteiger partial charge is 0.460 e. The van der Waals surface area contributed by atoms with Crippen LogP contribution in [0.5, 0.6) is 0 Å². The molecule has 4 heteroatoms. The average Bonchev–Trinajstić information content (AvgIpc) is 2.25. The van der Waals surface area contributed by atoms with Crippen LogP contribution in [0.3, 0.4) is 0 Å². The molecule has 2 N–H and O–H groups in total. The summed E-state index contributed by atoms with van der Waals surface area (Å²) >= 11 is 3.40. The Kier molecular flexibility index (Phi) is 4.71. The van der Waals surface area contributed by atoms with Gasteiger partial charge in [-0.25, -0.2) is 0 Å². The van der Waals surface area contributed by atoms with Gasteiger partial charge >= 0.3 is 5.97 Å². The van der Waals surface area contributed by atoms with Gasteiger partial charge in [0.2, 0.25) is 0 Å². The molecule has 0 bridgehead atoms. The summed E-state index contributed by atoms with van der Waals surface area (Å²) in [6.07, 6.45) is 0. The van der Waals surface area contributed by atoms with Crippen LogP contribution in [0.15, 0.2) is 28.7 Å². The number of hydrogen-bond donors (Lipinski definition) is 1. The molecule has 0 unspecified atom stereocenters. The van der Waals surface area contributed by atoms with E-state index in [9.17, 15) is 4.79 Å². The molecule has 94 valence electrons. The smallest absolute Gasteiger partial charge is 0.323 e. The van der Waals surface area contributed by atoms with E-state index in [-0.39, 0.29) is 18.0 Å². The highest BCUT2D eigenvalue weighted by atomic mass is 79.9. The summed E-state index contributed by atoms with van der Waals surface area (Å²) in [6.45, 7) is 5.98. The predicted molar refractivity (Wildman–Crippen MR) is 71.4 cm³/mol. The van der Waals surface area contributed by atoms with Crippen molar-refractivity contribution in [3.05, 3.63) is 34.3 Å². The minimum atomic E-state index is -0.606. The molecule has 1 rings (SSSR count). The molecule has 17 heavy (non-hydrogen) atoms. The molecule has 0 aliphatic carbocycles. The fourth-order valence-electron chi connectivity index (χ4n) is 1.21. The van der Waals surface area contributed by atoms with Crippen LogP contribution in [0, 0.1) is 5.41 Å². The van der Waals surface area contributed by atoms with Gasteiger partial charge in [-0.05, 0) is 11.5 Å². The Morgan fingerprint density at radius 3 is 2.53 bits per heavy atom. The molecule has 0 spiro atoms. The Morgan fingerprint density at radius 1 is 1.41 bits per heavy atom. The van der Waals surface area contributed by atoms with Crippen LogP contribution in [-0.4, -0.2) is 12.0 Å². The van der Waals surface area contributed by atoms with Crippen LogP contribution in [0.4, 0.5) is 0 Å². The zero-order valence-corrected chi connectivity index (χ0v) is 12.0. The summed E-state index contributed by atoms with van der Waals surface area (Å²) in [6, 6.07) is 7.02. The molecular formula is C13H18BrNO2. The normalized spacial score (nSPS) is 13.2. The molecule has 0 aliphatic heterocycles. The number of carbonyl (C=O) groups excluding carboxylic acids is 1. The Labute approximate surface area is 110 Å². The fraction of sp³-hybridized carbons (Fsp3) is 0.462. The van der Waals surface area contributed by atoms with E-state index in [1.165, 1.54) is 0 Å². The van der Waals surface area contributed by atoms with Gasteiger partial charge in [-0.15, -0.1) is 0 Å². The lowest BCUT2D eigenvalue weighted by Crippen LogP contribution is -2.43. The van der Waals surface area contributed by atoms with Gasteiger partial charge in [0.1, 0.15) is 12.6 Å². The molecule has 0 aromatic heterocycles. The second kappa shape index (κ2) is 5.65. The van der Waals surface area contributed by atoms with E-state index in [1.807, 2.05) is 45.0 Å². The maximum Gasteiger partial charge on any atom is 0.323 e. The summed E-state index contributed by atoms with van der Waals surface area (Å²) in [7, 11) is 0. The molecule has 0 radical (unpaired) electrons. The molecule has 0 amide bonds. The van der Waals surface area contributed by atoms with Crippen molar-refractivity contribution in [1.82, 2.24) is 0 Å². The predicted octanol–water partition coefficient (Wildman–Crippen LogP) is 2.87. The third-order valence-corrected chi connectivity index (χ3v) is 3.29. The first-order chi connectivity index (χ1) is 7.82. The number of hydrogen-bond acceptors (Lipinski definition) is 3. The molecule has 3 nitrogen and oxygen atoms in total. The first-order valence-electron chi connectivity index (χ1n) is 5.48. The third kappa shape index (κ3) is 4.13. The van der Waals surface area contributed by atoms with Crippen LogP contribution in [0.2, 0.25) is 0 Å². The molecule has 0 aliphatic rings. The summed E-state index contributed by atoms with van der Waals surface area (Å²) in [4.78, 5) is 11.7. The standard InChI is InChI=1S/C13H18BrNO2/c1-13(2,3)11(15)12(16)17-8-9-6-4-5-7-10(9)14/h4-7,11H,8,15H2,1-3H3/t11-/m1/s1. The number of ether oxygens (including phenoxy) is 1. The first kappa shape index (κ1) is 14.2. The minimum Gasteiger partial charge on any atom is -0.460 e. The van der Waals surface area contributed by atoms with Crippen molar-refractivity contribution < 1.29 is 9.53 Å². The van der Waals surface area contributed by atoms with Crippen molar-refractivity contribution in [2.24, 2.45) is 11.1 Å².